The molecule has 11 heteroatoms. The Balaban J connectivity index is 1.58. The molecule has 5 nitrogen and oxygen atoms in total. The first kappa shape index (κ1) is 21.3. The highest BCUT2D eigenvalue weighted by Crippen LogP contribution is 2.32. The van der Waals surface area contributed by atoms with E-state index in [0.29, 0.717) is 0 Å². The van der Waals surface area contributed by atoms with Crippen molar-refractivity contribution in [3.05, 3.63) is 65.5 Å². The highest BCUT2D eigenvalue weighted by molar-refractivity contribution is 5.90. The van der Waals surface area contributed by atoms with Crippen LogP contribution in [0.2, 0.25) is 0 Å². The highest BCUT2D eigenvalue weighted by Gasteiger charge is 2.31. The second kappa shape index (κ2) is 8.17. The lowest BCUT2D eigenvalue weighted by molar-refractivity contribution is -0.138. The topological polar surface area (TPSA) is 68.0 Å². The monoisotopic (exact) mass is 429 g/mol. The van der Waals surface area contributed by atoms with Gasteiger partial charge in [0.2, 0.25) is 17.6 Å². The van der Waals surface area contributed by atoms with E-state index in [2.05, 4.69) is 15.5 Å². The molecule has 0 bridgehead atoms. The van der Waals surface area contributed by atoms with Gasteiger partial charge in [0, 0.05) is 24.1 Å². The van der Waals surface area contributed by atoms with Crippen LogP contribution < -0.4 is 5.32 Å². The number of rotatable bonds is 5. The van der Waals surface area contributed by atoms with Crippen LogP contribution in [0.5, 0.6) is 0 Å². The van der Waals surface area contributed by atoms with Crippen molar-refractivity contribution in [2.45, 2.75) is 25.2 Å². The van der Waals surface area contributed by atoms with E-state index in [1.807, 2.05) is 0 Å². The Bertz CT molecular complexity index is 1030. The first-order chi connectivity index (χ1) is 14.0. The number of carbonyl (C=O) groups is 1. The van der Waals surface area contributed by atoms with Gasteiger partial charge in [-0.25, -0.2) is 0 Å². The molecule has 0 fully saturated rings. The van der Waals surface area contributed by atoms with Gasteiger partial charge in [-0.15, -0.1) is 0 Å². The first-order valence-corrected chi connectivity index (χ1v) is 8.50. The molecule has 2 aromatic carbocycles. The van der Waals surface area contributed by atoms with E-state index in [0.717, 1.165) is 36.4 Å². The Morgan fingerprint density at radius 2 is 1.60 bits per heavy atom. The summed E-state index contributed by atoms with van der Waals surface area (Å²) in [6, 6.07) is 8.33. The summed E-state index contributed by atoms with van der Waals surface area (Å²) in [6.07, 6.45) is -9.11. The minimum Gasteiger partial charge on any atom is -0.339 e. The van der Waals surface area contributed by atoms with Crippen LogP contribution in [0.15, 0.2) is 53.1 Å². The number of nitrogens with zero attached hydrogens (tertiary/aromatic N) is 2. The van der Waals surface area contributed by atoms with Crippen molar-refractivity contribution in [1.29, 1.82) is 0 Å². The Morgan fingerprint density at radius 3 is 2.23 bits per heavy atom. The van der Waals surface area contributed by atoms with E-state index in [4.69, 9.17) is 4.52 Å². The van der Waals surface area contributed by atoms with Crippen molar-refractivity contribution in [3.63, 3.8) is 0 Å². The van der Waals surface area contributed by atoms with Crippen LogP contribution in [0.1, 0.15) is 23.4 Å². The molecule has 1 heterocycles. The number of hydrogen-bond acceptors (Lipinski definition) is 4. The third kappa shape index (κ3) is 5.37. The largest absolute Gasteiger partial charge is 0.416 e. The maximum Gasteiger partial charge on any atom is 0.416 e. The second-order valence-electron chi connectivity index (χ2n) is 6.21. The van der Waals surface area contributed by atoms with Crippen LogP contribution in [0.4, 0.5) is 32.0 Å². The van der Waals surface area contributed by atoms with Crippen LogP contribution in [0.3, 0.4) is 0 Å². The fourth-order valence-electron chi connectivity index (χ4n) is 2.49. The molecule has 0 aliphatic carbocycles. The maximum atomic E-state index is 12.8. The van der Waals surface area contributed by atoms with Crippen LogP contribution >= 0.6 is 0 Å². The van der Waals surface area contributed by atoms with Crippen molar-refractivity contribution in [3.8, 4) is 11.4 Å². The molecule has 1 N–H and O–H groups in total. The summed E-state index contributed by atoms with van der Waals surface area (Å²) in [5.74, 6) is -0.530. The maximum absolute atomic E-state index is 12.8. The number of hydrogen-bond donors (Lipinski definition) is 1. The minimum atomic E-state index is -4.51. The highest BCUT2D eigenvalue weighted by atomic mass is 19.4. The van der Waals surface area contributed by atoms with E-state index in [-0.39, 0.29) is 35.8 Å². The molecule has 0 atom stereocenters. The van der Waals surface area contributed by atoms with Gasteiger partial charge in [0.15, 0.2) is 0 Å². The molecule has 0 aliphatic heterocycles. The smallest absolute Gasteiger partial charge is 0.339 e. The lowest BCUT2D eigenvalue weighted by atomic mass is 10.1. The molecule has 158 valence electrons. The predicted octanol–water partition coefficient (Wildman–Crippen LogP) is 5.35. The molecule has 0 radical (unpaired) electrons. The lowest BCUT2D eigenvalue weighted by Gasteiger charge is -2.08. The number of aryl methyl sites for hydroxylation is 1. The Morgan fingerprint density at radius 1 is 0.933 bits per heavy atom. The molecule has 0 unspecified atom stereocenters. The second-order valence-corrected chi connectivity index (χ2v) is 6.21. The third-order valence-electron chi connectivity index (χ3n) is 3.98. The molecule has 0 aliphatic rings. The van der Waals surface area contributed by atoms with Crippen LogP contribution in [0.25, 0.3) is 11.4 Å². The number of amides is 1. The molecule has 0 spiro atoms. The van der Waals surface area contributed by atoms with Crippen LogP contribution in [-0.4, -0.2) is 16.0 Å². The SMILES string of the molecule is O=C(CCc1nc(-c2cccc(C(F)(F)F)c2)no1)Nc1ccc(C(F)(F)F)cc1. The molecule has 0 saturated heterocycles. The first-order valence-electron chi connectivity index (χ1n) is 8.50. The standard InChI is InChI=1S/C19H13F6N3O2/c20-18(21,22)12-4-6-14(7-5-12)26-15(29)8-9-16-27-17(28-30-16)11-2-1-3-13(10-11)19(23,24)25/h1-7,10H,8-9H2,(H,26,29). The molecular formula is C19H13F6N3O2. The summed E-state index contributed by atoms with van der Waals surface area (Å²) in [5, 5.41) is 6.04. The zero-order chi connectivity index (χ0) is 21.9. The Hall–Kier alpha value is -3.37. The van der Waals surface area contributed by atoms with E-state index in [9.17, 15) is 31.1 Å². The number of aromatic nitrogens is 2. The van der Waals surface area contributed by atoms with Crippen LogP contribution in [-0.2, 0) is 23.6 Å². The van der Waals surface area contributed by atoms with E-state index in [1.54, 1.807) is 0 Å². The Kier molecular flexibility index (Phi) is 5.81. The van der Waals surface area contributed by atoms with Crippen molar-refractivity contribution < 1.29 is 35.7 Å². The summed E-state index contributed by atoms with van der Waals surface area (Å²) < 4.78 is 80.9. The van der Waals surface area contributed by atoms with Gasteiger partial charge in [0.25, 0.3) is 0 Å². The number of halogens is 6. The minimum absolute atomic E-state index is 0.00156. The van der Waals surface area contributed by atoms with Gasteiger partial charge in [-0.3, -0.25) is 4.79 Å². The quantitative estimate of drug-likeness (QED) is 0.556. The lowest BCUT2D eigenvalue weighted by Crippen LogP contribution is -2.13. The molecule has 0 saturated carbocycles. The van der Waals surface area contributed by atoms with Crippen molar-refractivity contribution in [2.75, 3.05) is 5.32 Å². The number of benzene rings is 2. The van der Waals surface area contributed by atoms with Crippen molar-refractivity contribution >= 4 is 11.6 Å². The number of nitrogens with one attached hydrogen (secondary N) is 1. The summed E-state index contributed by atoms with van der Waals surface area (Å²) in [4.78, 5) is 15.9. The normalized spacial score (nSPS) is 12.1. The van der Waals surface area contributed by atoms with Gasteiger partial charge < -0.3 is 9.84 Å². The molecule has 1 aromatic heterocycles. The van der Waals surface area contributed by atoms with E-state index in [1.165, 1.54) is 12.1 Å². The van der Waals surface area contributed by atoms with E-state index < -0.39 is 29.4 Å². The van der Waals surface area contributed by atoms with Gasteiger partial charge in [0.05, 0.1) is 11.1 Å². The molecule has 1 amide bonds. The summed E-state index contributed by atoms with van der Waals surface area (Å²) in [7, 11) is 0. The van der Waals surface area contributed by atoms with Crippen molar-refractivity contribution in [2.24, 2.45) is 0 Å². The van der Waals surface area contributed by atoms with Gasteiger partial charge in [-0.05, 0) is 36.4 Å². The predicted molar refractivity (Wildman–Crippen MR) is 93.1 cm³/mol. The number of alkyl halides is 6. The van der Waals surface area contributed by atoms with Crippen molar-refractivity contribution in [1.82, 2.24) is 10.1 Å². The fourth-order valence-corrected chi connectivity index (χ4v) is 2.49. The zero-order valence-electron chi connectivity index (χ0n) is 15.0. The zero-order valence-corrected chi connectivity index (χ0v) is 15.0. The third-order valence-corrected chi connectivity index (χ3v) is 3.98. The average Bonchev–Trinajstić information content (AvgIpc) is 3.15. The van der Waals surface area contributed by atoms with Gasteiger partial charge in [-0.1, -0.05) is 17.3 Å². The summed E-state index contributed by atoms with van der Waals surface area (Å²) in [6.45, 7) is 0. The molecule has 3 rings (SSSR count). The van der Waals surface area contributed by atoms with Gasteiger partial charge in [-0.2, -0.15) is 31.3 Å². The van der Waals surface area contributed by atoms with Gasteiger partial charge in [0.1, 0.15) is 0 Å². The molecular weight excluding hydrogens is 416 g/mol. The van der Waals surface area contributed by atoms with Gasteiger partial charge >= 0.3 is 12.4 Å². The number of carbonyl (C=O) groups excluding carboxylic acids is 1. The molecule has 3 aromatic rings. The van der Waals surface area contributed by atoms with Crippen LogP contribution in [0, 0.1) is 0 Å². The summed E-state index contributed by atoms with van der Waals surface area (Å²) >= 11 is 0. The summed E-state index contributed by atoms with van der Waals surface area (Å²) in [5.41, 5.74) is -1.41. The number of anilines is 1. The fraction of sp³-hybridized carbons (Fsp3) is 0.211. The average molecular weight is 429 g/mol. The van der Waals surface area contributed by atoms with E-state index >= 15 is 0 Å². The Labute approximate surface area is 165 Å². The molecule has 30 heavy (non-hydrogen) atoms.